The Morgan fingerprint density at radius 3 is 2.65 bits per heavy atom. The number of morpholine rings is 1. The van der Waals surface area contributed by atoms with Gasteiger partial charge in [0.1, 0.15) is 29.5 Å². The Balaban J connectivity index is 1.71. The van der Waals surface area contributed by atoms with Crippen LogP contribution in [0.1, 0.15) is 21.7 Å². The number of ether oxygens (including phenoxy) is 3. The second-order valence-corrected chi connectivity index (χ2v) is 7.47. The summed E-state index contributed by atoms with van der Waals surface area (Å²) < 4.78 is 32.0. The van der Waals surface area contributed by atoms with E-state index in [4.69, 9.17) is 14.2 Å². The fraction of sp³-hybridized carbons (Fsp3) is 0.391. The smallest absolute Gasteiger partial charge is 0.254 e. The highest BCUT2D eigenvalue weighted by atomic mass is 19.1. The number of nitrogens with zero attached hydrogens (tertiary/aromatic N) is 3. The van der Waals surface area contributed by atoms with Gasteiger partial charge in [-0.2, -0.15) is 0 Å². The Bertz CT molecular complexity index is 1060. The van der Waals surface area contributed by atoms with Gasteiger partial charge in [0.25, 0.3) is 5.91 Å². The molecule has 1 saturated heterocycles. The normalized spacial score (nSPS) is 14.2. The lowest BCUT2D eigenvalue weighted by Gasteiger charge is -2.27. The van der Waals surface area contributed by atoms with Gasteiger partial charge < -0.3 is 23.7 Å². The van der Waals surface area contributed by atoms with Crippen LogP contribution in [0.25, 0.3) is 11.0 Å². The molecule has 0 radical (unpaired) electrons. The van der Waals surface area contributed by atoms with Crippen LogP contribution < -0.4 is 4.74 Å². The van der Waals surface area contributed by atoms with Gasteiger partial charge in [0, 0.05) is 32.3 Å². The van der Waals surface area contributed by atoms with Crippen LogP contribution in [0, 0.1) is 12.7 Å². The molecule has 0 aliphatic carbocycles. The Morgan fingerprint density at radius 2 is 1.94 bits per heavy atom. The highest BCUT2D eigenvalue weighted by Gasteiger charge is 2.22. The van der Waals surface area contributed by atoms with Crippen molar-refractivity contribution in [2.24, 2.45) is 0 Å². The van der Waals surface area contributed by atoms with Crippen molar-refractivity contribution in [1.29, 1.82) is 0 Å². The summed E-state index contributed by atoms with van der Waals surface area (Å²) in [7, 11) is 1.65. The molecule has 2 aromatic carbocycles. The quantitative estimate of drug-likeness (QED) is 0.580. The maximum absolute atomic E-state index is 13.2. The molecule has 0 bridgehead atoms. The van der Waals surface area contributed by atoms with Crippen molar-refractivity contribution in [3.05, 3.63) is 59.2 Å². The van der Waals surface area contributed by atoms with Gasteiger partial charge in [-0.15, -0.1) is 0 Å². The number of aromatic nitrogens is 2. The number of amides is 1. The van der Waals surface area contributed by atoms with Gasteiger partial charge in [-0.1, -0.05) is 12.1 Å². The summed E-state index contributed by atoms with van der Waals surface area (Å²) in [5.41, 5.74) is 2.87. The number of carbonyl (C=O) groups is 1. The molecule has 1 fully saturated rings. The molecule has 8 heteroatoms. The molecule has 0 saturated carbocycles. The summed E-state index contributed by atoms with van der Waals surface area (Å²) in [6.07, 6.45) is 0. The Morgan fingerprint density at radius 1 is 1.19 bits per heavy atom. The van der Waals surface area contributed by atoms with E-state index in [0.29, 0.717) is 56.3 Å². The summed E-state index contributed by atoms with van der Waals surface area (Å²) in [6.45, 7) is 5.50. The number of hydrogen-bond donors (Lipinski definition) is 0. The van der Waals surface area contributed by atoms with Crippen molar-refractivity contribution < 1.29 is 23.4 Å². The molecule has 2 heterocycles. The van der Waals surface area contributed by atoms with Crippen molar-refractivity contribution in [2.75, 3.05) is 40.0 Å². The third-order valence-electron chi connectivity index (χ3n) is 5.37. The van der Waals surface area contributed by atoms with E-state index in [2.05, 4.69) is 4.98 Å². The van der Waals surface area contributed by atoms with Gasteiger partial charge in [-0.3, -0.25) is 4.79 Å². The van der Waals surface area contributed by atoms with Crippen molar-refractivity contribution >= 4 is 16.9 Å². The minimum atomic E-state index is -0.294. The number of carbonyl (C=O) groups excluding carboxylic acids is 1. The van der Waals surface area contributed by atoms with Crippen LogP contribution >= 0.6 is 0 Å². The van der Waals surface area contributed by atoms with E-state index in [9.17, 15) is 9.18 Å². The number of methoxy groups -OCH3 is 1. The van der Waals surface area contributed by atoms with Gasteiger partial charge in [0.05, 0.1) is 25.3 Å². The summed E-state index contributed by atoms with van der Waals surface area (Å²) >= 11 is 0. The first kappa shape index (κ1) is 21.3. The first-order valence-electron chi connectivity index (χ1n) is 10.3. The average Bonchev–Trinajstić information content (AvgIpc) is 3.12. The molecule has 4 rings (SSSR count). The van der Waals surface area contributed by atoms with Crippen molar-refractivity contribution in [3.8, 4) is 5.75 Å². The zero-order valence-corrected chi connectivity index (χ0v) is 17.8. The third-order valence-corrected chi connectivity index (χ3v) is 5.37. The molecule has 0 spiro atoms. The van der Waals surface area contributed by atoms with E-state index < -0.39 is 0 Å². The zero-order valence-electron chi connectivity index (χ0n) is 17.8. The Hall–Kier alpha value is -2.97. The van der Waals surface area contributed by atoms with Crippen LogP contribution in [0.5, 0.6) is 5.75 Å². The van der Waals surface area contributed by atoms with Crippen LogP contribution in [0.2, 0.25) is 0 Å². The average molecular weight is 427 g/mol. The van der Waals surface area contributed by atoms with E-state index in [1.165, 1.54) is 12.1 Å². The number of hydrogen-bond acceptors (Lipinski definition) is 5. The van der Waals surface area contributed by atoms with Crippen molar-refractivity contribution in [1.82, 2.24) is 14.5 Å². The summed E-state index contributed by atoms with van der Waals surface area (Å²) in [4.78, 5) is 19.5. The van der Waals surface area contributed by atoms with E-state index in [-0.39, 0.29) is 18.3 Å². The SMILES string of the molecule is COCCn1c(C)nc2cc(C(=O)N3CCOCC3)cc(OCc3ccc(F)cc3)c21. The predicted octanol–water partition coefficient (Wildman–Crippen LogP) is 3.18. The van der Waals surface area contributed by atoms with Gasteiger partial charge in [0.15, 0.2) is 0 Å². The van der Waals surface area contributed by atoms with Crippen molar-refractivity contribution in [3.63, 3.8) is 0 Å². The number of imidazole rings is 1. The number of aryl methyl sites for hydroxylation is 1. The Kier molecular flexibility index (Phi) is 6.48. The fourth-order valence-corrected chi connectivity index (χ4v) is 3.73. The van der Waals surface area contributed by atoms with Gasteiger partial charge in [-0.05, 0) is 36.8 Å². The molecule has 0 N–H and O–H groups in total. The summed E-state index contributed by atoms with van der Waals surface area (Å²) in [6, 6.07) is 9.76. The molecule has 1 amide bonds. The molecular weight excluding hydrogens is 401 g/mol. The molecular formula is C23H26FN3O4. The largest absolute Gasteiger partial charge is 0.487 e. The lowest BCUT2D eigenvalue weighted by molar-refractivity contribution is 0.0303. The molecule has 1 aliphatic rings. The van der Waals surface area contributed by atoms with E-state index in [0.717, 1.165) is 16.9 Å². The number of benzene rings is 2. The molecule has 164 valence electrons. The van der Waals surface area contributed by atoms with Crippen molar-refractivity contribution in [2.45, 2.75) is 20.1 Å². The highest BCUT2D eigenvalue weighted by molar-refractivity contribution is 5.99. The van der Waals surface area contributed by atoms with Gasteiger partial charge in [-0.25, -0.2) is 9.37 Å². The van der Waals surface area contributed by atoms with Gasteiger partial charge in [0.2, 0.25) is 0 Å². The maximum atomic E-state index is 13.2. The zero-order chi connectivity index (χ0) is 21.8. The number of rotatable bonds is 7. The molecule has 0 unspecified atom stereocenters. The van der Waals surface area contributed by atoms with Crippen LogP contribution in [0.4, 0.5) is 4.39 Å². The first-order chi connectivity index (χ1) is 15.1. The Labute approximate surface area is 180 Å². The predicted molar refractivity (Wildman–Crippen MR) is 114 cm³/mol. The second-order valence-electron chi connectivity index (χ2n) is 7.47. The van der Waals surface area contributed by atoms with E-state index in [1.807, 2.05) is 17.6 Å². The molecule has 7 nitrogen and oxygen atoms in total. The lowest BCUT2D eigenvalue weighted by Crippen LogP contribution is -2.40. The van der Waals surface area contributed by atoms with E-state index in [1.54, 1.807) is 30.2 Å². The first-order valence-corrected chi connectivity index (χ1v) is 10.3. The standard InChI is InChI=1S/C23H26FN3O4/c1-16-25-20-13-18(23(28)26-7-11-30-12-8-26)14-21(22(20)27(16)9-10-29-2)31-15-17-3-5-19(24)6-4-17/h3-6,13-14H,7-12,15H2,1-2H3. The van der Waals surface area contributed by atoms with Crippen LogP contribution in [-0.2, 0) is 22.6 Å². The maximum Gasteiger partial charge on any atom is 0.254 e. The van der Waals surface area contributed by atoms with Crippen LogP contribution in [0.3, 0.4) is 0 Å². The summed E-state index contributed by atoms with van der Waals surface area (Å²) in [5.74, 6) is 1.02. The van der Waals surface area contributed by atoms with Crippen LogP contribution in [-0.4, -0.2) is 60.4 Å². The molecule has 3 aromatic rings. The minimum Gasteiger partial charge on any atom is -0.487 e. The number of fused-ring (bicyclic) bond motifs is 1. The molecule has 0 atom stereocenters. The van der Waals surface area contributed by atoms with Crippen LogP contribution in [0.15, 0.2) is 36.4 Å². The molecule has 31 heavy (non-hydrogen) atoms. The highest BCUT2D eigenvalue weighted by Crippen LogP contribution is 2.30. The number of halogens is 1. The molecule has 1 aliphatic heterocycles. The lowest BCUT2D eigenvalue weighted by atomic mass is 10.1. The second kappa shape index (κ2) is 9.45. The minimum absolute atomic E-state index is 0.0686. The molecule has 1 aromatic heterocycles. The monoisotopic (exact) mass is 427 g/mol. The summed E-state index contributed by atoms with van der Waals surface area (Å²) in [5, 5.41) is 0. The third kappa shape index (κ3) is 4.70. The fourth-order valence-electron chi connectivity index (χ4n) is 3.73. The topological polar surface area (TPSA) is 65.8 Å². The van der Waals surface area contributed by atoms with E-state index >= 15 is 0 Å². The van der Waals surface area contributed by atoms with Gasteiger partial charge >= 0.3 is 0 Å².